The number of nitrogens with one attached hydrogen (secondary N) is 2. The SMILES string of the molecule is Cc1cc(-c2ccccn2)n2ncc(C(=O)NC(C)(C)C3CC3)c2n1.Cc1cc(-c2ccccn2)nc2c(C(=O)NC(C)(C)C3CC3)cnn12. The van der Waals surface area contributed by atoms with Crippen molar-refractivity contribution in [3.63, 3.8) is 0 Å². The molecule has 2 aliphatic rings. The van der Waals surface area contributed by atoms with Crippen molar-refractivity contribution in [1.29, 1.82) is 0 Å². The van der Waals surface area contributed by atoms with Crippen LogP contribution >= 0.6 is 0 Å². The van der Waals surface area contributed by atoms with Crippen molar-refractivity contribution < 1.29 is 9.59 Å². The van der Waals surface area contributed by atoms with E-state index < -0.39 is 0 Å². The van der Waals surface area contributed by atoms with Crippen LogP contribution in [0.3, 0.4) is 0 Å². The summed E-state index contributed by atoms with van der Waals surface area (Å²) < 4.78 is 3.39. The van der Waals surface area contributed by atoms with E-state index in [0.717, 1.165) is 34.2 Å². The molecule has 0 bridgehead atoms. The lowest BCUT2D eigenvalue weighted by Crippen LogP contribution is -2.45. The third-order valence-corrected chi connectivity index (χ3v) is 9.66. The molecule has 6 aromatic heterocycles. The molecule has 12 heteroatoms. The van der Waals surface area contributed by atoms with Crippen LogP contribution in [0.2, 0.25) is 0 Å². The van der Waals surface area contributed by atoms with Gasteiger partial charge in [0.15, 0.2) is 11.3 Å². The van der Waals surface area contributed by atoms with Crippen LogP contribution in [0.15, 0.2) is 73.3 Å². The highest BCUT2D eigenvalue weighted by Crippen LogP contribution is 2.40. The van der Waals surface area contributed by atoms with Gasteiger partial charge in [0.1, 0.15) is 11.1 Å². The van der Waals surface area contributed by atoms with E-state index in [-0.39, 0.29) is 22.9 Å². The summed E-state index contributed by atoms with van der Waals surface area (Å²) in [5, 5.41) is 15.0. The Bertz CT molecular complexity index is 2160. The van der Waals surface area contributed by atoms with E-state index >= 15 is 0 Å². The molecule has 6 heterocycles. The molecular formula is C38H42N10O2. The third-order valence-electron chi connectivity index (χ3n) is 9.66. The number of pyridine rings is 2. The van der Waals surface area contributed by atoms with Gasteiger partial charge < -0.3 is 10.6 Å². The number of hydrogen-bond donors (Lipinski definition) is 2. The van der Waals surface area contributed by atoms with Gasteiger partial charge in [-0.05, 0) is 115 Å². The minimum atomic E-state index is -0.209. The van der Waals surface area contributed by atoms with Gasteiger partial charge in [-0.3, -0.25) is 19.6 Å². The Morgan fingerprint density at radius 3 is 1.72 bits per heavy atom. The molecule has 2 saturated carbocycles. The van der Waals surface area contributed by atoms with Gasteiger partial charge in [-0.2, -0.15) is 10.2 Å². The standard InChI is InChI=1S/2C19H21N5O/c1-12-10-16(15-6-4-5-9-20-15)22-17-14(11-21-24(12)17)18(25)23-19(2,3)13-7-8-13;1-12-10-16(15-6-4-5-9-20-15)24-17(22-12)14(11-21-24)18(25)23-19(2,3)13-7-8-13/h2*4-6,9-11,13H,7-8H2,1-3H3,(H,23,25). The fourth-order valence-corrected chi connectivity index (χ4v) is 6.39. The van der Waals surface area contributed by atoms with Crippen LogP contribution in [0.5, 0.6) is 0 Å². The molecule has 0 spiro atoms. The second kappa shape index (κ2) is 12.7. The van der Waals surface area contributed by atoms with Crippen molar-refractivity contribution >= 4 is 23.1 Å². The maximum Gasteiger partial charge on any atom is 0.257 e. The van der Waals surface area contributed by atoms with Gasteiger partial charge in [-0.15, -0.1) is 0 Å². The highest BCUT2D eigenvalue weighted by atomic mass is 16.2. The molecule has 0 radical (unpaired) electrons. The van der Waals surface area contributed by atoms with Crippen molar-refractivity contribution in [2.75, 3.05) is 0 Å². The molecule has 0 saturated heterocycles. The highest BCUT2D eigenvalue weighted by Gasteiger charge is 2.40. The molecule has 12 nitrogen and oxygen atoms in total. The van der Waals surface area contributed by atoms with E-state index in [0.29, 0.717) is 34.3 Å². The average Bonchev–Trinajstić information content (AvgIpc) is 4.03. The fourth-order valence-electron chi connectivity index (χ4n) is 6.39. The Morgan fingerprint density at radius 2 is 1.20 bits per heavy atom. The lowest BCUT2D eigenvalue weighted by atomic mass is 9.98. The van der Waals surface area contributed by atoms with Crippen LogP contribution in [0, 0.1) is 25.7 Å². The minimum Gasteiger partial charge on any atom is -0.347 e. The fraction of sp³-hybridized carbons (Fsp3) is 0.368. The number of hydrogen-bond acceptors (Lipinski definition) is 8. The Kier molecular flexibility index (Phi) is 8.41. The summed E-state index contributed by atoms with van der Waals surface area (Å²) in [4.78, 5) is 43.6. The monoisotopic (exact) mass is 670 g/mol. The van der Waals surface area contributed by atoms with E-state index in [1.54, 1.807) is 33.8 Å². The summed E-state index contributed by atoms with van der Waals surface area (Å²) >= 11 is 0. The van der Waals surface area contributed by atoms with Crippen molar-refractivity contribution in [3.8, 4) is 22.8 Å². The van der Waals surface area contributed by atoms with E-state index in [4.69, 9.17) is 0 Å². The second-order valence-corrected chi connectivity index (χ2v) is 14.5. The molecule has 0 unspecified atom stereocenters. The first-order valence-electron chi connectivity index (χ1n) is 17.1. The zero-order valence-electron chi connectivity index (χ0n) is 29.3. The molecule has 6 aromatic rings. The van der Waals surface area contributed by atoms with Gasteiger partial charge in [-0.1, -0.05) is 12.1 Å². The lowest BCUT2D eigenvalue weighted by Gasteiger charge is -2.25. The molecule has 2 aliphatic carbocycles. The number of amides is 2. The van der Waals surface area contributed by atoms with Crippen molar-refractivity contribution in [3.05, 3.63) is 95.8 Å². The first-order valence-corrected chi connectivity index (χ1v) is 17.1. The van der Waals surface area contributed by atoms with Crippen molar-refractivity contribution in [1.82, 2.24) is 49.8 Å². The zero-order valence-corrected chi connectivity index (χ0v) is 29.3. The third kappa shape index (κ3) is 6.70. The Hall–Kier alpha value is -5.52. The maximum absolute atomic E-state index is 12.8. The van der Waals surface area contributed by atoms with Gasteiger partial charge in [-0.25, -0.2) is 19.0 Å². The van der Waals surface area contributed by atoms with Gasteiger partial charge in [0.2, 0.25) is 0 Å². The zero-order chi connectivity index (χ0) is 35.2. The predicted octanol–water partition coefficient (Wildman–Crippen LogP) is 6.04. The van der Waals surface area contributed by atoms with E-state index in [1.807, 2.05) is 62.4 Å². The van der Waals surface area contributed by atoms with Crippen LogP contribution in [0.1, 0.15) is 85.5 Å². The van der Waals surface area contributed by atoms with E-state index in [1.165, 1.54) is 25.7 Å². The number of fused-ring (bicyclic) bond motifs is 2. The maximum atomic E-state index is 12.8. The normalized spacial score (nSPS) is 14.7. The number of aryl methyl sites for hydroxylation is 2. The summed E-state index contributed by atoms with van der Waals surface area (Å²) in [6, 6.07) is 15.3. The number of carbonyl (C=O) groups is 2. The lowest BCUT2D eigenvalue weighted by molar-refractivity contribution is 0.0895. The topological polar surface area (TPSA) is 144 Å². The summed E-state index contributed by atoms with van der Waals surface area (Å²) in [5.74, 6) is 0.850. The van der Waals surface area contributed by atoms with Crippen LogP contribution in [-0.2, 0) is 0 Å². The quantitative estimate of drug-likeness (QED) is 0.200. The largest absolute Gasteiger partial charge is 0.347 e. The molecule has 0 atom stereocenters. The second-order valence-electron chi connectivity index (χ2n) is 14.5. The molecule has 2 N–H and O–H groups in total. The van der Waals surface area contributed by atoms with Gasteiger partial charge in [0.25, 0.3) is 11.8 Å². The van der Waals surface area contributed by atoms with Crippen LogP contribution in [0.4, 0.5) is 0 Å². The van der Waals surface area contributed by atoms with Gasteiger partial charge in [0, 0.05) is 34.9 Å². The van der Waals surface area contributed by atoms with Crippen LogP contribution in [-0.4, -0.2) is 62.1 Å². The van der Waals surface area contributed by atoms with Crippen LogP contribution < -0.4 is 10.6 Å². The van der Waals surface area contributed by atoms with Crippen molar-refractivity contribution in [2.24, 2.45) is 11.8 Å². The Balaban J connectivity index is 0.000000157. The molecule has 0 aliphatic heterocycles. The molecule has 2 amide bonds. The number of nitrogens with zero attached hydrogens (tertiary/aromatic N) is 8. The number of rotatable bonds is 8. The van der Waals surface area contributed by atoms with E-state index in [9.17, 15) is 9.59 Å². The molecular weight excluding hydrogens is 628 g/mol. The molecule has 8 rings (SSSR count). The summed E-state index contributed by atoms with van der Waals surface area (Å²) in [7, 11) is 0. The molecule has 50 heavy (non-hydrogen) atoms. The molecule has 0 aromatic carbocycles. The molecule has 256 valence electrons. The Labute approximate surface area is 290 Å². The average molecular weight is 671 g/mol. The van der Waals surface area contributed by atoms with Crippen LogP contribution in [0.25, 0.3) is 34.1 Å². The Morgan fingerprint density at radius 1 is 0.680 bits per heavy atom. The first-order chi connectivity index (χ1) is 23.9. The van der Waals surface area contributed by atoms with Gasteiger partial charge in [0.05, 0.1) is 35.2 Å². The summed E-state index contributed by atoms with van der Waals surface area (Å²) in [6.07, 6.45) is 11.3. The summed E-state index contributed by atoms with van der Waals surface area (Å²) in [6.45, 7) is 12.2. The minimum absolute atomic E-state index is 0.128. The predicted molar refractivity (Wildman–Crippen MR) is 190 cm³/mol. The highest BCUT2D eigenvalue weighted by molar-refractivity contribution is 6.01. The molecule has 2 fully saturated rings. The van der Waals surface area contributed by atoms with Crippen molar-refractivity contribution in [2.45, 2.75) is 78.3 Å². The first kappa shape index (κ1) is 33.0. The van der Waals surface area contributed by atoms with E-state index in [2.05, 4.69) is 68.5 Å². The smallest absolute Gasteiger partial charge is 0.257 e. The number of aromatic nitrogens is 8. The number of carbonyl (C=O) groups excluding carboxylic acids is 2. The summed E-state index contributed by atoms with van der Waals surface area (Å²) in [5.41, 5.74) is 6.56. The van der Waals surface area contributed by atoms with Gasteiger partial charge >= 0.3 is 0 Å².